The molecule has 0 amide bonds. The summed E-state index contributed by atoms with van der Waals surface area (Å²) in [4.78, 5) is 0. The lowest BCUT2D eigenvalue weighted by atomic mass is 10.3. The molecule has 17 heavy (non-hydrogen) atoms. The van der Waals surface area contributed by atoms with Crippen molar-refractivity contribution in [3.8, 4) is 0 Å². The summed E-state index contributed by atoms with van der Waals surface area (Å²) < 4.78 is 31.4. The van der Waals surface area contributed by atoms with Gasteiger partial charge in [0, 0.05) is 22.5 Å². The summed E-state index contributed by atoms with van der Waals surface area (Å²) in [6.07, 6.45) is 0. The fraction of sp³-hybridized carbons (Fsp3) is 0.400. The molecule has 1 aromatic rings. The van der Waals surface area contributed by atoms with Crippen molar-refractivity contribution in [1.29, 1.82) is 0 Å². The molecule has 0 saturated heterocycles. The lowest BCUT2D eigenvalue weighted by Crippen LogP contribution is -2.20. The van der Waals surface area contributed by atoms with Crippen molar-refractivity contribution in [1.82, 2.24) is 0 Å². The van der Waals surface area contributed by atoms with Crippen LogP contribution in [0.1, 0.15) is 6.92 Å². The Kier molecular flexibility index (Phi) is 5.23. The summed E-state index contributed by atoms with van der Waals surface area (Å²) >= 11 is 3.23. The number of rotatable bonds is 6. The number of hydrogen-bond donors (Lipinski definition) is 2. The molecule has 0 aromatic heterocycles. The van der Waals surface area contributed by atoms with Gasteiger partial charge in [-0.1, -0.05) is 0 Å². The molecule has 0 unspecified atom stereocenters. The van der Waals surface area contributed by atoms with Crippen LogP contribution in [0.25, 0.3) is 0 Å². The first-order valence-corrected chi connectivity index (χ1v) is 7.52. The number of benzene rings is 1. The predicted octanol–water partition coefficient (Wildman–Crippen LogP) is 1.81. The van der Waals surface area contributed by atoms with E-state index in [1.165, 1.54) is 0 Å². The Hall–Kier alpha value is -0.790. The summed E-state index contributed by atoms with van der Waals surface area (Å²) in [6.45, 7) is 2.50. The fourth-order valence-electron chi connectivity index (χ4n) is 1.13. The van der Waals surface area contributed by atoms with E-state index in [9.17, 15) is 8.42 Å². The van der Waals surface area contributed by atoms with Crippen molar-refractivity contribution < 1.29 is 13.2 Å². The van der Waals surface area contributed by atoms with Crippen molar-refractivity contribution >= 4 is 37.3 Å². The van der Waals surface area contributed by atoms with Gasteiger partial charge in [-0.25, -0.2) is 8.42 Å². The first kappa shape index (κ1) is 14.3. The van der Waals surface area contributed by atoms with Gasteiger partial charge in [-0.15, -0.1) is 0 Å². The van der Waals surface area contributed by atoms with Gasteiger partial charge < -0.3 is 10.5 Å². The summed E-state index contributed by atoms with van der Waals surface area (Å²) in [5.41, 5.74) is 6.64. The van der Waals surface area contributed by atoms with Crippen LogP contribution in [0.15, 0.2) is 22.7 Å². The quantitative estimate of drug-likeness (QED) is 0.618. The number of sulfonamides is 1. The second-order valence-electron chi connectivity index (χ2n) is 3.35. The Morgan fingerprint density at radius 1 is 1.47 bits per heavy atom. The molecule has 0 radical (unpaired) electrons. The molecule has 0 fully saturated rings. The van der Waals surface area contributed by atoms with E-state index in [4.69, 9.17) is 10.5 Å². The predicted molar refractivity (Wildman–Crippen MR) is 72.5 cm³/mol. The van der Waals surface area contributed by atoms with E-state index in [1.807, 2.05) is 6.92 Å². The SMILES string of the molecule is CCOCCS(=O)(=O)Nc1ccc(N)c(Br)c1. The van der Waals surface area contributed by atoms with Crippen molar-refractivity contribution in [3.05, 3.63) is 22.7 Å². The van der Waals surface area contributed by atoms with Crippen LogP contribution in [0.5, 0.6) is 0 Å². The van der Waals surface area contributed by atoms with E-state index >= 15 is 0 Å². The normalized spacial score (nSPS) is 11.4. The lowest BCUT2D eigenvalue weighted by Gasteiger charge is -2.09. The molecule has 3 N–H and O–H groups in total. The molecular weight excluding hydrogens is 308 g/mol. The van der Waals surface area contributed by atoms with Crippen LogP contribution in [0, 0.1) is 0 Å². The first-order chi connectivity index (χ1) is 7.94. The second-order valence-corrected chi connectivity index (χ2v) is 6.05. The van der Waals surface area contributed by atoms with Crippen molar-refractivity contribution in [2.45, 2.75) is 6.92 Å². The maximum absolute atomic E-state index is 11.6. The third-order valence-electron chi connectivity index (χ3n) is 1.97. The highest BCUT2D eigenvalue weighted by Crippen LogP contribution is 2.23. The summed E-state index contributed by atoms with van der Waals surface area (Å²) in [5.74, 6) is -0.0666. The average Bonchev–Trinajstić information content (AvgIpc) is 2.23. The molecule has 0 heterocycles. The van der Waals surface area contributed by atoms with E-state index in [-0.39, 0.29) is 12.4 Å². The Bertz CT molecular complexity index is 476. The van der Waals surface area contributed by atoms with Crippen LogP contribution >= 0.6 is 15.9 Å². The highest BCUT2D eigenvalue weighted by molar-refractivity contribution is 9.10. The number of nitrogen functional groups attached to an aromatic ring is 1. The highest BCUT2D eigenvalue weighted by Gasteiger charge is 2.10. The number of anilines is 2. The molecular formula is C10H15BrN2O3S. The minimum Gasteiger partial charge on any atom is -0.398 e. The van der Waals surface area contributed by atoms with E-state index in [2.05, 4.69) is 20.7 Å². The molecule has 96 valence electrons. The van der Waals surface area contributed by atoms with Gasteiger partial charge in [0.05, 0.1) is 12.4 Å². The Labute approximate surface area is 110 Å². The third-order valence-corrected chi connectivity index (χ3v) is 3.91. The molecule has 0 aliphatic rings. The number of nitrogens with two attached hydrogens (primary N) is 1. The Balaban J connectivity index is 2.66. The molecule has 0 atom stereocenters. The average molecular weight is 323 g/mol. The van der Waals surface area contributed by atoms with E-state index in [1.54, 1.807) is 18.2 Å². The smallest absolute Gasteiger partial charge is 0.235 e. The third kappa shape index (κ3) is 4.93. The molecule has 0 aliphatic heterocycles. The lowest BCUT2D eigenvalue weighted by molar-refractivity contribution is 0.163. The van der Waals surface area contributed by atoms with Crippen molar-refractivity contribution in [3.63, 3.8) is 0 Å². The van der Waals surface area contributed by atoms with Crippen molar-refractivity contribution in [2.75, 3.05) is 29.4 Å². The topological polar surface area (TPSA) is 81.4 Å². The number of hydrogen-bond acceptors (Lipinski definition) is 4. The molecule has 0 saturated carbocycles. The van der Waals surface area contributed by atoms with Crippen LogP contribution in [0.4, 0.5) is 11.4 Å². The van der Waals surface area contributed by atoms with Gasteiger partial charge in [0.25, 0.3) is 0 Å². The zero-order valence-corrected chi connectivity index (χ0v) is 11.8. The zero-order valence-electron chi connectivity index (χ0n) is 9.44. The van der Waals surface area contributed by atoms with E-state index in [0.29, 0.717) is 22.5 Å². The maximum Gasteiger partial charge on any atom is 0.235 e. The van der Waals surface area contributed by atoms with Crippen LogP contribution in [0.3, 0.4) is 0 Å². The van der Waals surface area contributed by atoms with Gasteiger partial charge in [-0.2, -0.15) is 0 Å². The molecule has 0 aliphatic carbocycles. The molecule has 1 rings (SSSR count). The van der Waals surface area contributed by atoms with Gasteiger partial charge >= 0.3 is 0 Å². The maximum atomic E-state index is 11.6. The van der Waals surface area contributed by atoms with Crippen LogP contribution in [0.2, 0.25) is 0 Å². The van der Waals surface area contributed by atoms with Crippen LogP contribution in [-0.4, -0.2) is 27.4 Å². The van der Waals surface area contributed by atoms with E-state index in [0.717, 1.165) is 0 Å². The minimum atomic E-state index is -3.37. The summed E-state index contributed by atoms with van der Waals surface area (Å²) in [5, 5.41) is 0. The minimum absolute atomic E-state index is 0.0666. The van der Waals surface area contributed by atoms with Crippen molar-refractivity contribution in [2.24, 2.45) is 0 Å². The Morgan fingerprint density at radius 3 is 2.76 bits per heavy atom. The van der Waals surface area contributed by atoms with Gasteiger partial charge in [0.1, 0.15) is 0 Å². The number of nitrogens with one attached hydrogen (secondary N) is 1. The fourth-order valence-corrected chi connectivity index (χ4v) is 2.44. The van der Waals surface area contributed by atoms with Gasteiger partial charge in [0.15, 0.2) is 0 Å². The largest absolute Gasteiger partial charge is 0.398 e. The molecule has 1 aromatic carbocycles. The molecule has 0 bridgehead atoms. The number of halogens is 1. The Morgan fingerprint density at radius 2 is 2.18 bits per heavy atom. The van der Waals surface area contributed by atoms with Crippen LogP contribution < -0.4 is 10.5 Å². The van der Waals surface area contributed by atoms with Gasteiger partial charge in [-0.05, 0) is 41.1 Å². The molecule has 0 spiro atoms. The first-order valence-electron chi connectivity index (χ1n) is 5.08. The second kappa shape index (κ2) is 6.23. The van der Waals surface area contributed by atoms with Gasteiger partial charge in [0.2, 0.25) is 10.0 Å². The summed E-state index contributed by atoms with van der Waals surface area (Å²) in [6, 6.07) is 4.86. The monoisotopic (exact) mass is 322 g/mol. The summed E-state index contributed by atoms with van der Waals surface area (Å²) in [7, 11) is -3.37. The number of ether oxygens (including phenoxy) is 1. The molecule has 5 nitrogen and oxygen atoms in total. The van der Waals surface area contributed by atoms with Gasteiger partial charge in [-0.3, -0.25) is 4.72 Å². The highest BCUT2D eigenvalue weighted by atomic mass is 79.9. The van der Waals surface area contributed by atoms with Crippen LogP contribution in [-0.2, 0) is 14.8 Å². The standard InChI is InChI=1S/C10H15BrN2O3S/c1-2-16-5-6-17(14,15)13-8-3-4-10(12)9(11)7-8/h3-4,7,13H,2,5-6,12H2,1H3. The van der Waals surface area contributed by atoms with E-state index < -0.39 is 10.0 Å². The molecule has 7 heteroatoms. The zero-order chi connectivity index (χ0) is 12.9.